The zero-order chi connectivity index (χ0) is 15.1. The molecule has 1 aromatic rings. The van der Waals surface area contributed by atoms with Crippen LogP contribution in [0.25, 0.3) is 6.08 Å². The Morgan fingerprint density at radius 2 is 1.85 bits per heavy atom. The maximum absolute atomic E-state index is 11.9. The molecule has 1 unspecified atom stereocenters. The smallest absolute Gasteiger partial charge is 0.326 e. The van der Waals surface area contributed by atoms with Crippen LogP contribution in [-0.2, 0) is 16.0 Å². The van der Waals surface area contributed by atoms with E-state index in [0.717, 1.165) is 12.0 Å². The zero-order valence-electron chi connectivity index (χ0n) is 12.2. The van der Waals surface area contributed by atoms with Crippen LogP contribution in [0.15, 0.2) is 30.3 Å². The molecule has 1 atom stereocenters. The molecular formula is C16H21NO3. The number of likely N-dealkylation sites (N-methyl/N-ethyl adjacent to an activating group) is 1. The van der Waals surface area contributed by atoms with Gasteiger partial charge in [-0.3, -0.25) is 4.79 Å². The molecular weight excluding hydrogens is 254 g/mol. The van der Waals surface area contributed by atoms with Crippen LogP contribution in [0.2, 0.25) is 0 Å². The quantitative estimate of drug-likeness (QED) is 0.812. The number of carbonyl (C=O) groups excluding carboxylic acids is 1. The molecule has 0 spiro atoms. The fourth-order valence-electron chi connectivity index (χ4n) is 1.92. The van der Waals surface area contributed by atoms with Crippen LogP contribution >= 0.6 is 0 Å². The molecule has 1 amide bonds. The van der Waals surface area contributed by atoms with Crippen molar-refractivity contribution in [2.45, 2.75) is 32.7 Å². The molecule has 20 heavy (non-hydrogen) atoms. The third kappa shape index (κ3) is 4.23. The van der Waals surface area contributed by atoms with Gasteiger partial charge in [-0.25, -0.2) is 4.79 Å². The summed E-state index contributed by atoms with van der Waals surface area (Å²) in [7, 11) is 1.51. The van der Waals surface area contributed by atoms with Crippen molar-refractivity contribution in [1.82, 2.24) is 4.90 Å². The van der Waals surface area contributed by atoms with E-state index in [0.29, 0.717) is 6.42 Å². The average Bonchev–Trinajstić information content (AvgIpc) is 2.45. The molecule has 0 saturated heterocycles. The van der Waals surface area contributed by atoms with E-state index in [2.05, 4.69) is 6.92 Å². The Bertz CT molecular complexity index is 491. The highest BCUT2D eigenvalue weighted by atomic mass is 16.4. The molecule has 0 aliphatic carbocycles. The first-order valence-electron chi connectivity index (χ1n) is 6.76. The molecule has 0 aliphatic heterocycles. The second-order valence-electron chi connectivity index (χ2n) is 4.64. The summed E-state index contributed by atoms with van der Waals surface area (Å²) in [5.74, 6) is -1.29. The summed E-state index contributed by atoms with van der Waals surface area (Å²) in [4.78, 5) is 24.2. The maximum Gasteiger partial charge on any atom is 0.326 e. The number of aryl methyl sites for hydroxylation is 1. The standard InChI is InChI=1S/C16H21NO3/c1-4-12-6-8-13(9-7-12)10-11-15(18)17(3)14(5-2)16(19)20/h6-11,14H,4-5H2,1-3H3,(H,19,20). The molecule has 1 N–H and O–H groups in total. The van der Waals surface area contributed by atoms with Gasteiger partial charge in [0.05, 0.1) is 0 Å². The SMILES string of the molecule is CCc1ccc(C=CC(=O)N(C)C(CC)C(=O)O)cc1. The van der Waals surface area contributed by atoms with Crippen LogP contribution in [0.4, 0.5) is 0 Å². The topological polar surface area (TPSA) is 57.6 Å². The number of hydrogen-bond donors (Lipinski definition) is 1. The second kappa shape index (κ2) is 7.48. The van der Waals surface area contributed by atoms with Gasteiger partial charge in [0.1, 0.15) is 6.04 Å². The third-order valence-corrected chi connectivity index (χ3v) is 3.29. The van der Waals surface area contributed by atoms with Crippen LogP contribution in [-0.4, -0.2) is 35.0 Å². The van der Waals surface area contributed by atoms with E-state index in [-0.39, 0.29) is 5.91 Å². The normalized spacial score (nSPS) is 12.3. The van der Waals surface area contributed by atoms with Gasteiger partial charge in [-0.15, -0.1) is 0 Å². The van der Waals surface area contributed by atoms with Gasteiger partial charge in [-0.05, 0) is 30.0 Å². The van der Waals surface area contributed by atoms with E-state index in [1.54, 1.807) is 13.0 Å². The Morgan fingerprint density at radius 1 is 1.25 bits per heavy atom. The molecule has 4 nitrogen and oxygen atoms in total. The fraction of sp³-hybridized carbons (Fsp3) is 0.375. The highest BCUT2D eigenvalue weighted by molar-refractivity contribution is 5.94. The summed E-state index contributed by atoms with van der Waals surface area (Å²) in [5, 5.41) is 9.02. The van der Waals surface area contributed by atoms with Crippen molar-refractivity contribution in [3.05, 3.63) is 41.5 Å². The molecule has 0 heterocycles. The van der Waals surface area contributed by atoms with Crippen molar-refractivity contribution in [2.75, 3.05) is 7.05 Å². The van der Waals surface area contributed by atoms with Crippen molar-refractivity contribution < 1.29 is 14.7 Å². The van der Waals surface area contributed by atoms with Gasteiger partial charge >= 0.3 is 5.97 Å². The van der Waals surface area contributed by atoms with Crippen LogP contribution in [0, 0.1) is 0 Å². The van der Waals surface area contributed by atoms with Crippen LogP contribution in [0.3, 0.4) is 0 Å². The summed E-state index contributed by atoms with van der Waals surface area (Å²) in [6.45, 7) is 3.83. The Hall–Kier alpha value is -2.10. The number of amides is 1. The largest absolute Gasteiger partial charge is 0.480 e. The summed E-state index contributed by atoms with van der Waals surface area (Å²) >= 11 is 0. The Morgan fingerprint density at radius 3 is 2.30 bits per heavy atom. The first kappa shape index (κ1) is 16.0. The lowest BCUT2D eigenvalue weighted by Crippen LogP contribution is -2.41. The second-order valence-corrected chi connectivity index (χ2v) is 4.64. The summed E-state index contributed by atoms with van der Waals surface area (Å²) in [6, 6.07) is 7.13. The van der Waals surface area contributed by atoms with Gasteiger partial charge in [0.2, 0.25) is 5.91 Å². The minimum Gasteiger partial charge on any atom is -0.480 e. The molecule has 0 fully saturated rings. The van der Waals surface area contributed by atoms with Gasteiger partial charge in [-0.2, -0.15) is 0 Å². The number of hydrogen-bond acceptors (Lipinski definition) is 2. The van der Waals surface area contributed by atoms with Crippen molar-refractivity contribution in [1.29, 1.82) is 0 Å². The van der Waals surface area contributed by atoms with E-state index in [1.165, 1.54) is 23.6 Å². The van der Waals surface area contributed by atoms with Crippen LogP contribution < -0.4 is 0 Å². The lowest BCUT2D eigenvalue weighted by atomic mass is 10.1. The first-order chi connectivity index (χ1) is 9.49. The number of carboxylic acid groups (broad SMARTS) is 1. The molecule has 0 saturated carbocycles. The molecule has 0 aromatic heterocycles. The van der Waals surface area contributed by atoms with E-state index in [1.807, 2.05) is 24.3 Å². The molecule has 4 heteroatoms. The third-order valence-electron chi connectivity index (χ3n) is 3.29. The Kier molecular flexibility index (Phi) is 5.97. The summed E-state index contributed by atoms with van der Waals surface area (Å²) in [5.41, 5.74) is 2.16. The predicted molar refractivity (Wildman–Crippen MR) is 79.3 cm³/mol. The van der Waals surface area contributed by atoms with Gasteiger partial charge < -0.3 is 10.0 Å². The van der Waals surface area contributed by atoms with E-state index in [4.69, 9.17) is 5.11 Å². The number of carboxylic acids is 1. The van der Waals surface area contributed by atoms with Gasteiger partial charge in [0.15, 0.2) is 0 Å². The first-order valence-corrected chi connectivity index (χ1v) is 6.76. The number of nitrogens with zero attached hydrogens (tertiary/aromatic N) is 1. The highest BCUT2D eigenvalue weighted by Gasteiger charge is 2.22. The lowest BCUT2D eigenvalue weighted by Gasteiger charge is -2.22. The monoisotopic (exact) mass is 275 g/mol. The predicted octanol–water partition coefficient (Wildman–Crippen LogP) is 2.58. The van der Waals surface area contributed by atoms with Crippen molar-refractivity contribution in [2.24, 2.45) is 0 Å². The van der Waals surface area contributed by atoms with E-state index < -0.39 is 12.0 Å². The molecule has 0 radical (unpaired) electrons. The Labute approximate surface area is 119 Å². The summed E-state index contributed by atoms with van der Waals surface area (Å²) in [6.07, 6.45) is 4.47. The molecule has 108 valence electrons. The van der Waals surface area contributed by atoms with Crippen molar-refractivity contribution >= 4 is 18.0 Å². The van der Waals surface area contributed by atoms with E-state index >= 15 is 0 Å². The van der Waals surface area contributed by atoms with Crippen LogP contribution in [0.5, 0.6) is 0 Å². The van der Waals surface area contributed by atoms with Gasteiger partial charge in [0, 0.05) is 13.1 Å². The number of aliphatic carboxylic acids is 1. The number of carbonyl (C=O) groups is 2. The molecule has 1 rings (SSSR count). The van der Waals surface area contributed by atoms with Gasteiger partial charge in [0.25, 0.3) is 0 Å². The molecule has 1 aromatic carbocycles. The summed E-state index contributed by atoms with van der Waals surface area (Å²) < 4.78 is 0. The fourth-order valence-corrected chi connectivity index (χ4v) is 1.92. The molecule has 0 aliphatic rings. The average molecular weight is 275 g/mol. The number of rotatable bonds is 6. The van der Waals surface area contributed by atoms with Gasteiger partial charge in [-0.1, -0.05) is 38.1 Å². The molecule has 0 bridgehead atoms. The lowest BCUT2D eigenvalue weighted by molar-refractivity contribution is -0.147. The van der Waals surface area contributed by atoms with Crippen molar-refractivity contribution in [3.63, 3.8) is 0 Å². The maximum atomic E-state index is 11.9. The van der Waals surface area contributed by atoms with Crippen LogP contribution in [0.1, 0.15) is 31.4 Å². The van der Waals surface area contributed by atoms with Crippen molar-refractivity contribution in [3.8, 4) is 0 Å². The minimum atomic E-state index is -0.982. The Balaban J connectivity index is 2.73. The minimum absolute atomic E-state index is 0.307. The number of benzene rings is 1. The zero-order valence-corrected chi connectivity index (χ0v) is 12.2. The van der Waals surface area contributed by atoms with E-state index in [9.17, 15) is 9.59 Å². The highest BCUT2D eigenvalue weighted by Crippen LogP contribution is 2.08.